The van der Waals surface area contributed by atoms with E-state index in [2.05, 4.69) is 12.2 Å². The maximum atomic E-state index is 11.9. The van der Waals surface area contributed by atoms with Crippen LogP contribution in [0, 0.1) is 10.1 Å². The molecule has 1 heterocycles. The number of piperidine rings is 1. The lowest BCUT2D eigenvalue weighted by atomic mass is 10.0. The van der Waals surface area contributed by atoms with Gasteiger partial charge in [0.2, 0.25) is 5.91 Å². The van der Waals surface area contributed by atoms with Gasteiger partial charge in [-0.15, -0.1) is 11.8 Å². The van der Waals surface area contributed by atoms with Crippen molar-refractivity contribution < 1.29 is 14.6 Å². The largest absolute Gasteiger partial charge is 0.355 e. The van der Waals surface area contributed by atoms with Gasteiger partial charge in [-0.3, -0.25) is 14.9 Å². The third-order valence-corrected chi connectivity index (χ3v) is 5.51. The molecule has 1 aliphatic rings. The van der Waals surface area contributed by atoms with E-state index < -0.39 is 4.92 Å². The minimum atomic E-state index is -0.424. The van der Waals surface area contributed by atoms with Crippen molar-refractivity contribution >= 4 is 23.4 Å². The van der Waals surface area contributed by atoms with Crippen LogP contribution in [0.15, 0.2) is 29.2 Å². The molecule has 0 aliphatic carbocycles. The van der Waals surface area contributed by atoms with Gasteiger partial charge in [-0.25, -0.2) is 0 Å². The summed E-state index contributed by atoms with van der Waals surface area (Å²) in [6.45, 7) is 5.41. The third-order valence-electron chi connectivity index (χ3n) is 4.50. The maximum Gasteiger partial charge on any atom is 0.269 e. The number of hydrogen-bond donors (Lipinski definition) is 2. The average Bonchev–Trinajstić information content (AvgIpc) is 2.58. The number of carbonyl (C=O) groups excluding carboxylic acids is 1. The Morgan fingerprint density at radius 1 is 1.38 bits per heavy atom. The molecule has 1 amide bonds. The lowest BCUT2D eigenvalue weighted by Gasteiger charge is -2.30. The van der Waals surface area contributed by atoms with Crippen molar-refractivity contribution in [3.05, 3.63) is 34.4 Å². The van der Waals surface area contributed by atoms with Crippen LogP contribution in [0.5, 0.6) is 0 Å². The topological polar surface area (TPSA) is 76.7 Å². The van der Waals surface area contributed by atoms with Gasteiger partial charge in [-0.2, -0.15) is 0 Å². The molecule has 1 saturated heterocycles. The molecule has 2 rings (SSSR count). The molecule has 7 heteroatoms. The molecular formula is C17H26N3O3S+. The summed E-state index contributed by atoms with van der Waals surface area (Å²) < 4.78 is 0. The predicted octanol–water partition coefficient (Wildman–Crippen LogP) is 1.65. The van der Waals surface area contributed by atoms with E-state index in [0.717, 1.165) is 30.4 Å². The van der Waals surface area contributed by atoms with E-state index in [1.807, 2.05) is 0 Å². The quantitative estimate of drug-likeness (QED) is 0.323. The number of nitrogens with zero attached hydrogens (tertiary/aromatic N) is 1. The Morgan fingerprint density at radius 3 is 2.79 bits per heavy atom. The number of likely N-dealkylation sites (tertiary alicyclic amines) is 1. The van der Waals surface area contributed by atoms with Gasteiger partial charge in [-0.05, 0) is 38.3 Å². The van der Waals surface area contributed by atoms with E-state index in [9.17, 15) is 14.9 Å². The third kappa shape index (κ3) is 6.13. The zero-order valence-corrected chi connectivity index (χ0v) is 14.9. The van der Waals surface area contributed by atoms with Gasteiger partial charge in [0.1, 0.15) is 0 Å². The summed E-state index contributed by atoms with van der Waals surface area (Å²) in [5.74, 6) is 0.352. The van der Waals surface area contributed by atoms with Gasteiger partial charge in [-0.1, -0.05) is 0 Å². The lowest BCUT2D eigenvalue weighted by Crippen LogP contribution is -3.16. The Hall–Kier alpha value is -1.60. The smallest absolute Gasteiger partial charge is 0.269 e. The molecular weight excluding hydrogens is 326 g/mol. The highest BCUT2D eigenvalue weighted by Crippen LogP contribution is 2.20. The maximum absolute atomic E-state index is 11.9. The fourth-order valence-electron chi connectivity index (χ4n) is 3.03. The molecule has 1 aromatic rings. The van der Waals surface area contributed by atoms with Crippen LogP contribution in [0.2, 0.25) is 0 Å². The lowest BCUT2D eigenvalue weighted by molar-refractivity contribution is -0.928. The monoisotopic (exact) mass is 352 g/mol. The first-order valence-corrected chi connectivity index (χ1v) is 9.53. The van der Waals surface area contributed by atoms with Gasteiger partial charge < -0.3 is 10.2 Å². The van der Waals surface area contributed by atoms with Crippen LogP contribution < -0.4 is 10.2 Å². The summed E-state index contributed by atoms with van der Waals surface area (Å²) >= 11 is 1.40. The van der Waals surface area contributed by atoms with Crippen molar-refractivity contribution in [3.63, 3.8) is 0 Å². The number of rotatable bonds is 8. The van der Waals surface area contributed by atoms with E-state index in [1.54, 1.807) is 17.0 Å². The van der Waals surface area contributed by atoms with Gasteiger partial charge >= 0.3 is 0 Å². The minimum Gasteiger partial charge on any atom is -0.355 e. The van der Waals surface area contributed by atoms with Gasteiger partial charge in [0.15, 0.2) is 0 Å². The molecule has 0 spiro atoms. The molecule has 1 aliphatic heterocycles. The zero-order chi connectivity index (χ0) is 17.4. The molecule has 0 radical (unpaired) electrons. The van der Waals surface area contributed by atoms with Crippen LogP contribution in [0.4, 0.5) is 5.69 Å². The van der Waals surface area contributed by atoms with Gasteiger partial charge in [0.05, 0.1) is 29.8 Å². The summed E-state index contributed by atoms with van der Waals surface area (Å²) in [7, 11) is 0. The number of carbonyl (C=O) groups is 1. The average molecular weight is 352 g/mol. The van der Waals surface area contributed by atoms with Crippen molar-refractivity contribution in [1.82, 2.24) is 5.32 Å². The highest BCUT2D eigenvalue weighted by molar-refractivity contribution is 8.00. The first kappa shape index (κ1) is 18.7. The first-order chi connectivity index (χ1) is 11.6. The highest BCUT2D eigenvalue weighted by Gasteiger charge is 2.20. The SMILES string of the molecule is C[C@@H]1CCCC[NH+]1CCCNC(=O)CSc1ccc([N+](=O)[O-])cc1. The van der Waals surface area contributed by atoms with Crippen LogP contribution in [0.1, 0.15) is 32.6 Å². The molecule has 1 aromatic carbocycles. The fourth-order valence-corrected chi connectivity index (χ4v) is 3.76. The number of hydrogen-bond acceptors (Lipinski definition) is 4. The second-order valence-corrected chi connectivity index (χ2v) is 7.35. The fraction of sp³-hybridized carbons (Fsp3) is 0.588. The van der Waals surface area contributed by atoms with E-state index >= 15 is 0 Å². The molecule has 1 fully saturated rings. The van der Waals surface area contributed by atoms with Crippen LogP contribution in [-0.2, 0) is 4.79 Å². The Balaban J connectivity index is 1.60. The Bertz CT molecular complexity index is 551. The number of nitrogens with one attached hydrogen (secondary N) is 2. The minimum absolute atomic E-state index is 0.0139. The highest BCUT2D eigenvalue weighted by atomic mass is 32.2. The number of non-ortho nitro benzene ring substituents is 1. The Morgan fingerprint density at radius 2 is 2.12 bits per heavy atom. The van der Waals surface area contributed by atoms with Crippen molar-refractivity contribution in [2.75, 3.05) is 25.4 Å². The molecule has 1 unspecified atom stereocenters. The second kappa shape index (κ2) is 9.64. The summed E-state index contributed by atoms with van der Waals surface area (Å²) in [4.78, 5) is 24.6. The molecule has 0 bridgehead atoms. The zero-order valence-electron chi connectivity index (χ0n) is 14.1. The number of nitro benzene ring substituents is 1. The number of quaternary nitrogens is 1. The van der Waals surface area contributed by atoms with Crippen LogP contribution in [0.25, 0.3) is 0 Å². The second-order valence-electron chi connectivity index (χ2n) is 6.30. The molecule has 2 atom stereocenters. The molecule has 6 nitrogen and oxygen atoms in total. The first-order valence-electron chi connectivity index (χ1n) is 8.55. The van der Waals surface area contributed by atoms with Crippen molar-refractivity contribution in [2.45, 2.75) is 43.5 Å². The number of nitro groups is 1. The van der Waals surface area contributed by atoms with Crippen LogP contribution in [0.3, 0.4) is 0 Å². The molecule has 132 valence electrons. The Kier molecular flexibility index (Phi) is 7.52. The van der Waals surface area contributed by atoms with Crippen molar-refractivity contribution in [2.24, 2.45) is 0 Å². The number of benzene rings is 1. The van der Waals surface area contributed by atoms with E-state index in [4.69, 9.17) is 0 Å². The molecule has 2 N–H and O–H groups in total. The van der Waals surface area contributed by atoms with Crippen LogP contribution >= 0.6 is 11.8 Å². The van der Waals surface area contributed by atoms with Crippen LogP contribution in [-0.4, -0.2) is 42.3 Å². The summed E-state index contributed by atoms with van der Waals surface area (Å²) in [6.07, 6.45) is 4.99. The summed E-state index contributed by atoms with van der Waals surface area (Å²) in [5.41, 5.74) is 0.0678. The summed E-state index contributed by atoms with van der Waals surface area (Å²) in [5, 5.41) is 13.5. The number of thioether (sulfide) groups is 1. The summed E-state index contributed by atoms with van der Waals surface area (Å²) in [6, 6.07) is 7.02. The molecule has 0 saturated carbocycles. The number of amides is 1. The van der Waals surface area contributed by atoms with Crippen molar-refractivity contribution in [3.8, 4) is 0 Å². The van der Waals surface area contributed by atoms with Gasteiger partial charge in [0, 0.05) is 30.0 Å². The van der Waals surface area contributed by atoms with Crippen molar-refractivity contribution in [1.29, 1.82) is 0 Å². The van der Waals surface area contributed by atoms with E-state index in [-0.39, 0.29) is 11.6 Å². The normalized spacial score (nSPS) is 20.5. The Labute approximate surface area is 147 Å². The predicted molar refractivity (Wildman–Crippen MR) is 95.5 cm³/mol. The van der Waals surface area contributed by atoms with Gasteiger partial charge in [0.25, 0.3) is 5.69 Å². The van der Waals surface area contributed by atoms with E-state index in [1.165, 1.54) is 49.7 Å². The molecule has 0 aromatic heterocycles. The van der Waals surface area contributed by atoms with E-state index in [0.29, 0.717) is 5.75 Å². The standard InChI is InChI=1S/C17H25N3O3S/c1-14-5-2-3-11-19(14)12-4-10-18-17(21)13-24-16-8-6-15(7-9-16)20(22)23/h6-9,14H,2-5,10-13H2,1H3,(H,18,21)/p+1/t14-/m1/s1. The molecule has 24 heavy (non-hydrogen) atoms.